The molecule has 0 N–H and O–H groups in total. The molecule has 0 radical (unpaired) electrons. The summed E-state index contributed by atoms with van der Waals surface area (Å²) in [7, 11) is 0. The Kier molecular flexibility index (Phi) is 3.40. The maximum atomic E-state index is 11.5. The molecule has 48 valence electrons. The van der Waals surface area contributed by atoms with Gasteiger partial charge in [-0.1, -0.05) is 13.0 Å². The quantitative estimate of drug-likeness (QED) is 0.491. The summed E-state index contributed by atoms with van der Waals surface area (Å²) in [6.07, 6.45) is -0.0455. The first kappa shape index (κ1) is 7.60. The van der Waals surface area contributed by atoms with E-state index in [-0.39, 0.29) is 5.57 Å². The van der Waals surface area contributed by atoms with Crippen molar-refractivity contribution in [1.82, 2.24) is 0 Å². The lowest BCUT2D eigenvalue weighted by Gasteiger charge is -1.94. The number of hydrogen-bond donors (Lipinski definition) is 0. The second-order valence-electron chi connectivity index (χ2n) is 1.66. The van der Waals surface area contributed by atoms with Crippen molar-refractivity contribution in [3.63, 3.8) is 0 Å². The first-order valence-corrected chi connectivity index (χ1v) is 2.63. The van der Waals surface area contributed by atoms with E-state index in [2.05, 4.69) is 0 Å². The number of rotatable bonds is 2. The van der Waals surface area contributed by atoms with Gasteiger partial charge < -0.3 is 0 Å². The SMILES string of the molecule is CCC=C(C)C(F)F. The summed E-state index contributed by atoms with van der Waals surface area (Å²) < 4.78 is 23.1. The molecule has 0 amide bonds. The van der Waals surface area contributed by atoms with E-state index in [0.29, 0.717) is 6.42 Å². The normalized spacial score (nSPS) is 12.9. The minimum atomic E-state index is -2.27. The van der Waals surface area contributed by atoms with Gasteiger partial charge in [0.2, 0.25) is 0 Å². The second-order valence-corrected chi connectivity index (χ2v) is 1.66. The summed E-state index contributed by atoms with van der Waals surface area (Å²) in [6, 6.07) is 0. The van der Waals surface area contributed by atoms with Crippen molar-refractivity contribution >= 4 is 0 Å². The zero-order chi connectivity index (χ0) is 6.57. The third kappa shape index (κ3) is 2.72. The van der Waals surface area contributed by atoms with Crippen LogP contribution in [0.15, 0.2) is 11.6 Å². The second kappa shape index (κ2) is 3.58. The Morgan fingerprint density at radius 3 is 2.25 bits per heavy atom. The third-order valence-corrected chi connectivity index (χ3v) is 0.870. The van der Waals surface area contributed by atoms with Crippen LogP contribution in [-0.4, -0.2) is 6.43 Å². The lowest BCUT2D eigenvalue weighted by molar-refractivity contribution is 0.189. The number of alkyl halides is 2. The van der Waals surface area contributed by atoms with Crippen LogP contribution in [0.4, 0.5) is 8.78 Å². The molecule has 0 heterocycles. The maximum absolute atomic E-state index is 11.5. The van der Waals surface area contributed by atoms with E-state index in [9.17, 15) is 8.78 Å². The molecule has 0 bridgehead atoms. The van der Waals surface area contributed by atoms with Gasteiger partial charge in [-0.3, -0.25) is 0 Å². The fraction of sp³-hybridized carbons (Fsp3) is 0.667. The van der Waals surface area contributed by atoms with Gasteiger partial charge in [0.15, 0.2) is 0 Å². The van der Waals surface area contributed by atoms with Crippen molar-refractivity contribution in [3.8, 4) is 0 Å². The molecular weight excluding hydrogens is 110 g/mol. The summed E-state index contributed by atoms with van der Waals surface area (Å²) >= 11 is 0. The van der Waals surface area contributed by atoms with Crippen LogP contribution in [0.5, 0.6) is 0 Å². The summed E-state index contributed by atoms with van der Waals surface area (Å²) in [6.45, 7) is 3.28. The van der Waals surface area contributed by atoms with E-state index in [4.69, 9.17) is 0 Å². The molecule has 8 heavy (non-hydrogen) atoms. The number of allylic oxidation sites excluding steroid dienone is 2. The fourth-order valence-corrected chi connectivity index (χ4v) is 0.411. The van der Waals surface area contributed by atoms with Crippen molar-refractivity contribution in [2.45, 2.75) is 26.7 Å². The van der Waals surface area contributed by atoms with Gasteiger partial charge in [-0.25, -0.2) is 8.78 Å². The predicted molar refractivity (Wildman–Crippen MR) is 30.1 cm³/mol. The highest BCUT2D eigenvalue weighted by Gasteiger charge is 2.01. The molecule has 0 saturated heterocycles. The van der Waals surface area contributed by atoms with Crippen molar-refractivity contribution < 1.29 is 8.78 Å². The van der Waals surface area contributed by atoms with Crippen LogP contribution in [0.2, 0.25) is 0 Å². The molecule has 0 saturated carbocycles. The van der Waals surface area contributed by atoms with E-state index in [0.717, 1.165) is 0 Å². The largest absolute Gasteiger partial charge is 0.259 e. The van der Waals surface area contributed by atoms with Gasteiger partial charge in [0.05, 0.1) is 0 Å². The highest BCUT2D eigenvalue weighted by molar-refractivity contribution is 4.99. The molecule has 2 heteroatoms. The molecule has 0 aliphatic heterocycles. The topological polar surface area (TPSA) is 0 Å². The molecule has 0 atom stereocenters. The maximum Gasteiger partial charge on any atom is 0.259 e. The Labute approximate surface area is 48.2 Å². The van der Waals surface area contributed by atoms with Gasteiger partial charge in [0, 0.05) is 0 Å². The van der Waals surface area contributed by atoms with Crippen LogP contribution in [-0.2, 0) is 0 Å². The summed E-state index contributed by atoms with van der Waals surface area (Å²) in [5.41, 5.74) is 0.174. The van der Waals surface area contributed by atoms with Crippen LogP contribution >= 0.6 is 0 Å². The minimum Gasteiger partial charge on any atom is -0.205 e. The summed E-state index contributed by atoms with van der Waals surface area (Å²) in [4.78, 5) is 0. The van der Waals surface area contributed by atoms with Crippen molar-refractivity contribution in [2.24, 2.45) is 0 Å². The van der Waals surface area contributed by atoms with Crippen LogP contribution in [0.1, 0.15) is 20.3 Å². The first-order valence-electron chi connectivity index (χ1n) is 2.63. The van der Waals surface area contributed by atoms with Crippen LogP contribution < -0.4 is 0 Å². The Hall–Kier alpha value is -0.400. The number of hydrogen-bond acceptors (Lipinski definition) is 0. The molecule has 0 aromatic rings. The zero-order valence-electron chi connectivity index (χ0n) is 5.12. The average Bonchev–Trinajstić information content (AvgIpc) is 1.67. The highest BCUT2D eigenvalue weighted by Crippen LogP contribution is 2.06. The standard InChI is InChI=1S/C6H10F2/c1-3-4-5(2)6(7)8/h4,6H,3H2,1-2H3. The smallest absolute Gasteiger partial charge is 0.205 e. The van der Waals surface area contributed by atoms with Gasteiger partial charge in [-0.15, -0.1) is 0 Å². The third-order valence-electron chi connectivity index (χ3n) is 0.870. The van der Waals surface area contributed by atoms with E-state index in [1.165, 1.54) is 13.0 Å². The first-order chi connectivity index (χ1) is 3.68. The molecular formula is C6H10F2. The van der Waals surface area contributed by atoms with Gasteiger partial charge in [0.1, 0.15) is 0 Å². The molecule has 0 aliphatic carbocycles. The molecule has 0 fully saturated rings. The summed E-state index contributed by atoms with van der Waals surface area (Å²) in [5, 5.41) is 0. The van der Waals surface area contributed by atoms with Crippen LogP contribution in [0.3, 0.4) is 0 Å². The highest BCUT2D eigenvalue weighted by atomic mass is 19.3. The van der Waals surface area contributed by atoms with Gasteiger partial charge >= 0.3 is 0 Å². The van der Waals surface area contributed by atoms with Gasteiger partial charge in [-0.05, 0) is 18.9 Å². The predicted octanol–water partition coefficient (Wildman–Crippen LogP) is 2.61. The van der Waals surface area contributed by atoms with E-state index < -0.39 is 6.43 Å². The Balaban J connectivity index is 3.61. The molecule has 0 unspecified atom stereocenters. The molecule has 0 aliphatic rings. The van der Waals surface area contributed by atoms with E-state index in [1.54, 1.807) is 0 Å². The molecule has 0 aromatic carbocycles. The van der Waals surface area contributed by atoms with E-state index in [1.807, 2.05) is 6.92 Å². The lowest BCUT2D eigenvalue weighted by atomic mass is 10.3. The Bertz CT molecular complexity index is 84.5. The van der Waals surface area contributed by atoms with Crippen molar-refractivity contribution in [1.29, 1.82) is 0 Å². The van der Waals surface area contributed by atoms with Crippen molar-refractivity contribution in [2.75, 3.05) is 0 Å². The zero-order valence-corrected chi connectivity index (χ0v) is 5.12. The van der Waals surface area contributed by atoms with E-state index >= 15 is 0 Å². The Morgan fingerprint density at radius 1 is 1.62 bits per heavy atom. The Morgan fingerprint density at radius 2 is 2.12 bits per heavy atom. The molecule has 0 spiro atoms. The molecule has 0 nitrogen and oxygen atoms in total. The minimum absolute atomic E-state index is 0.174. The lowest BCUT2D eigenvalue weighted by Crippen LogP contribution is -1.90. The molecule has 0 aromatic heterocycles. The van der Waals surface area contributed by atoms with Crippen molar-refractivity contribution in [3.05, 3.63) is 11.6 Å². The van der Waals surface area contributed by atoms with Crippen LogP contribution in [0, 0.1) is 0 Å². The number of halogens is 2. The summed E-state index contributed by atoms with van der Waals surface area (Å²) in [5.74, 6) is 0. The van der Waals surface area contributed by atoms with Crippen LogP contribution in [0.25, 0.3) is 0 Å². The average molecular weight is 120 g/mol. The molecule has 0 rings (SSSR count). The monoisotopic (exact) mass is 120 g/mol. The van der Waals surface area contributed by atoms with Gasteiger partial charge in [0.25, 0.3) is 6.43 Å². The van der Waals surface area contributed by atoms with Gasteiger partial charge in [-0.2, -0.15) is 0 Å². The fourth-order valence-electron chi connectivity index (χ4n) is 0.411.